The highest BCUT2D eigenvalue weighted by atomic mass is 32.2. The standard InChI is InChI=1S/C23H30N6O8S2/c1-11-8-38-19-16(18(32)29(19)15(11)20(33)36-10-37-21(34)23(3,4)5)28(14(30)7-25-35-6)13-9-39-22(26-13)27-17(31)12(2)24/h7,9,12,16,19H,8,10,24H2,1-6H3,(H,26,27,31)/t12-,16+,19+/m0/s1. The number of nitrogens with two attached hydrogens (primary N) is 1. The number of ether oxygens (including phenoxy) is 2. The molecule has 0 bridgehead atoms. The fourth-order valence-electron chi connectivity index (χ4n) is 3.47. The van der Waals surface area contributed by atoms with Crippen LogP contribution in [0.4, 0.5) is 10.9 Å². The molecule has 3 N–H and O–H groups in total. The van der Waals surface area contributed by atoms with E-state index in [0.29, 0.717) is 11.3 Å². The van der Waals surface area contributed by atoms with E-state index in [9.17, 15) is 24.0 Å². The van der Waals surface area contributed by atoms with Crippen LogP contribution in [0.3, 0.4) is 0 Å². The van der Waals surface area contributed by atoms with Crippen molar-refractivity contribution in [3.8, 4) is 0 Å². The Hall–Kier alpha value is -3.50. The van der Waals surface area contributed by atoms with E-state index in [1.54, 1.807) is 27.7 Å². The predicted molar refractivity (Wildman–Crippen MR) is 143 cm³/mol. The van der Waals surface area contributed by atoms with Crippen molar-refractivity contribution in [2.75, 3.05) is 29.9 Å². The molecular weight excluding hydrogens is 552 g/mol. The maximum Gasteiger partial charge on any atom is 0.357 e. The topological polar surface area (TPSA) is 183 Å². The molecule has 0 unspecified atom stereocenters. The van der Waals surface area contributed by atoms with Gasteiger partial charge in [0, 0.05) is 11.1 Å². The monoisotopic (exact) mass is 582 g/mol. The van der Waals surface area contributed by atoms with E-state index < -0.39 is 59.3 Å². The van der Waals surface area contributed by atoms with E-state index in [1.807, 2.05) is 0 Å². The minimum atomic E-state index is -1.04. The molecule has 1 saturated heterocycles. The largest absolute Gasteiger partial charge is 0.427 e. The van der Waals surface area contributed by atoms with Gasteiger partial charge in [-0.2, -0.15) is 0 Å². The predicted octanol–water partition coefficient (Wildman–Crippen LogP) is 1.04. The Morgan fingerprint density at radius 3 is 2.64 bits per heavy atom. The highest BCUT2D eigenvalue weighted by Gasteiger charge is 2.57. The summed E-state index contributed by atoms with van der Waals surface area (Å²) in [7, 11) is 1.26. The number of thioether (sulfide) groups is 1. The molecule has 16 heteroatoms. The lowest BCUT2D eigenvalue weighted by molar-refractivity contribution is -0.173. The molecule has 2 aliphatic rings. The number of oxime groups is 1. The lowest BCUT2D eigenvalue weighted by Gasteiger charge is -2.52. The first-order valence-corrected chi connectivity index (χ1v) is 13.6. The average Bonchev–Trinajstić information content (AvgIpc) is 3.32. The number of hydrogen-bond acceptors (Lipinski definition) is 13. The molecular formula is C23H30N6O8S2. The number of β-lactam (4-membered cyclic amide) rings is 1. The van der Waals surface area contributed by atoms with Gasteiger partial charge < -0.3 is 25.4 Å². The SMILES string of the molecule is CON=CC(=O)N(c1csc(NC(=O)[C@H](C)N)n1)[C@@H]1C(=O)N2C(C(=O)OCOC(=O)C(C)(C)C)=C(C)CS[C@H]12. The number of hydrogen-bond donors (Lipinski definition) is 2. The Morgan fingerprint density at radius 1 is 1.33 bits per heavy atom. The summed E-state index contributed by atoms with van der Waals surface area (Å²) in [5.74, 6) is -2.65. The van der Waals surface area contributed by atoms with Gasteiger partial charge in [-0.25, -0.2) is 9.78 Å². The second kappa shape index (κ2) is 12.1. The summed E-state index contributed by atoms with van der Waals surface area (Å²) in [5, 5.41) is 7.08. The fourth-order valence-corrected chi connectivity index (χ4v) is 5.50. The second-order valence-corrected chi connectivity index (χ2v) is 11.6. The van der Waals surface area contributed by atoms with E-state index >= 15 is 0 Å². The molecule has 14 nitrogen and oxygen atoms in total. The lowest BCUT2D eigenvalue weighted by Crippen LogP contribution is -2.72. The van der Waals surface area contributed by atoms with Crippen LogP contribution in [0, 0.1) is 5.41 Å². The first-order chi connectivity index (χ1) is 18.3. The Morgan fingerprint density at radius 2 is 2.03 bits per heavy atom. The molecule has 2 aliphatic heterocycles. The van der Waals surface area contributed by atoms with Crippen molar-refractivity contribution in [3.63, 3.8) is 0 Å². The average molecular weight is 583 g/mol. The van der Waals surface area contributed by atoms with E-state index in [1.165, 1.54) is 36.1 Å². The fraction of sp³-hybridized carbons (Fsp3) is 0.522. The van der Waals surface area contributed by atoms with Crippen LogP contribution in [0.15, 0.2) is 21.8 Å². The summed E-state index contributed by atoms with van der Waals surface area (Å²) in [6, 6.07) is -1.82. The summed E-state index contributed by atoms with van der Waals surface area (Å²) in [4.78, 5) is 74.6. The number of anilines is 2. The zero-order valence-electron chi connectivity index (χ0n) is 22.2. The molecule has 0 spiro atoms. The second-order valence-electron chi connectivity index (χ2n) is 9.63. The van der Waals surface area contributed by atoms with Gasteiger partial charge in [-0.1, -0.05) is 5.16 Å². The van der Waals surface area contributed by atoms with E-state index in [4.69, 9.17) is 15.2 Å². The third-order valence-electron chi connectivity index (χ3n) is 5.48. The van der Waals surface area contributed by atoms with Crippen LogP contribution in [0.2, 0.25) is 0 Å². The van der Waals surface area contributed by atoms with Crippen LogP contribution in [0.1, 0.15) is 34.6 Å². The number of thiazole rings is 1. The number of carbonyl (C=O) groups is 5. The normalized spacial score (nSPS) is 19.7. The first-order valence-electron chi connectivity index (χ1n) is 11.7. The van der Waals surface area contributed by atoms with Crippen molar-refractivity contribution in [2.24, 2.45) is 16.3 Å². The highest BCUT2D eigenvalue weighted by Crippen LogP contribution is 2.44. The molecule has 3 rings (SSSR count). The van der Waals surface area contributed by atoms with Gasteiger partial charge >= 0.3 is 11.9 Å². The van der Waals surface area contributed by atoms with Gasteiger partial charge in [0.1, 0.15) is 36.3 Å². The molecule has 3 atom stereocenters. The quantitative estimate of drug-likeness (QED) is 0.139. The van der Waals surface area contributed by atoms with Crippen molar-refractivity contribution < 1.29 is 38.3 Å². The van der Waals surface area contributed by atoms with E-state index in [2.05, 4.69) is 20.3 Å². The van der Waals surface area contributed by atoms with E-state index in [0.717, 1.165) is 22.5 Å². The molecule has 1 fully saturated rings. The minimum Gasteiger partial charge on any atom is -0.427 e. The number of nitrogens with one attached hydrogen (secondary N) is 1. The van der Waals surface area contributed by atoms with Crippen molar-refractivity contribution in [1.29, 1.82) is 0 Å². The third-order valence-corrected chi connectivity index (χ3v) is 7.64. The number of amides is 3. The Kier molecular flexibility index (Phi) is 9.34. The number of esters is 2. The number of carbonyl (C=O) groups excluding carboxylic acids is 5. The molecule has 0 saturated carbocycles. The molecule has 0 aliphatic carbocycles. The van der Waals surface area contributed by atoms with Gasteiger partial charge in [0.25, 0.3) is 11.8 Å². The Bertz CT molecular complexity index is 1220. The maximum atomic E-state index is 13.4. The van der Waals surface area contributed by atoms with Crippen LogP contribution >= 0.6 is 23.1 Å². The van der Waals surface area contributed by atoms with Gasteiger partial charge in [0.05, 0.1) is 11.5 Å². The molecule has 1 aromatic heterocycles. The molecule has 0 radical (unpaired) electrons. The molecule has 39 heavy (non-hydrogen) atoms. The van der Waals surface area contributed by atoms with Crippen molar-refractivity contribution >= 4 is 69.9 Å². The summed E-state index contributed by atoms with van der Waals surface area (Å²) < 4.78 is 10.1. The lowest BCUT2D eigenvalue weighted by atomic mass is 9.98. The first kappa shape index (κ1) is 30.0. The van der Waals surface area contributed by atoms with Crippen LogP contribution in [0.5, 0.6) is 0 Å². The third kappa shape index (κ3) is 6.57. The number of nitrogens with zero attached hydrogens (tertiary/aromatic N) is 4. The van der Waals surface area contributed by atoms with Crippen molar-refractivity contribution in [1.82, 2.24) is 9.88 Å². The van der Waals surface area contributed by atoms with Crippen LogP contribution < -0.4 is 16.0 Å². The van der Waals surface area contributed by atoms with E-state index in [-0.39, 0.29) is 16.6 Å². The van der Waals surface area contributed by atoms with Crippen molar-refractivity contribution in [3.05, 3.63) is 16.7 Å². The maximum absolute atomic E-state index is 13.4. The van der Waals surface area contributed by atoms with Gasteiger partial charge in [-0.05, 0) is 40.2 Å². The molecule has 212 valence electrons. The van der Waals surface area contributed by atoms with Gasteiger partial charge in [-0.15, -0.1) is 23.1 Å². The van der Waals surface area contributed by atoms with Crippen LogP contribution in [0.25, 0.3) is 0 Å². The molecule has 0 aromatic carbocycles. The summed E-state index contributed by atoms with van der Waals surface area (Å²) >= 11 is 2.39. The molecule has 3 amide bonds. The highest BCUT2D eigenvalue weighted by molar-refractivity contribution is 8.00. The van der Waals surface area contributed by atoms with Gasteiger partial charge in [0.2, 0.25) is 12.7 Å². The zero-order chi connectivity index (χ0) is 29.1. The Balaban J connectivity index is 1.82. The molecule has 1 aromatic rings. The Labute approximate surface area is 232 Å². The summed E-state index contributed by atoms with van der Waals surface area (Å²) in [6.07, 6.45) is 0.892. The van der Waals surface area contributed by atoms with Gasteiger partial charge in [0.15, 0.2) is 5.13 Å². The minimum absolute atomic E-state index is 0.0212. The van der Waals surface area contributed by atoms with Gasteiger partial charge in [-0.3, -0.25) is 29.0 Å². The smallest absolute Gasteiger partial charge is 0.357 e. The van der Waals surface area contributed by atoms with Crippen molar-refractivity contribution in [2.45, 2.75) is 52.1 Å². The number of fused-ring (bicyclic) bond motifs is 1. The van der Waals surface area contributed by atoms with Crippen LogP contribution in [-0.4, -0.2) is 82.9 Å². The summed E-state index contributed by atoms with van der Waals surface area (Å²) in [6.45, 7) is 7.57. The number of rotatable bonds is 9. The zero-order valence-corrected chi connectivity index (χ0v) is 23.9. The number of aromatic nitrogens is 1. The summed E-state index contributed by atoms with van der Waals surface area (Å²) in [5.41, 5.74) is 5.41. The van der Waals surface area contributed by atoms with Crippen LogP contribution in [-0.2, 0) is 38.3 Å². The molecule has 3 heterocycles.